The first-order valence-electron chi connectivity index (χ1n) is 5.95. The molecule has 0 aliphatic carbocycles. The molecule has 0 spiro atoms. The number of hydrogen-bond donors (Lipinski definition) is 2. The maximum Gasteiger partial charge on any atom is 0.511 e. The van der Waals surface area contributed by atoms with Gasteiger partial charge in [0.15, 0.2) is 11.5 Å². The molecule has 0 unspecified atom stereocenters. The van der Waals surface area contributed by atoms with Crippen LogP contribution in [0.5, 0.6) is 11.5 Å². The Kier molecular flexibility index (Phi) is 5.71. The molecule has 0 heterocycles. The van der Waals surface area contributed by atoms with Gasteiger partial charge in [0.05, 0.1) is 0 Å². The Balaban J connectivity index is 3.30. The van der Waals surface area contributed by atoms with Crippen LogP contribution in [0.2, 0.25) is 0 Å². The fourth-order valence-electron chi connectivity index (χ4n) is 1.92. The predicted molar refractivity (Wildman–Crippen MR) is 77.5 cm³/mol. The SMILES string of the molecule is CCCc1c(I)cc(OC(=O)O)c(O)c1CCC. The number of halogens is 1. The van der Waals surface area contributed by atoms with Gasteiger partial charge >= 0.3 is 6.16 Å². The van der Waals surface area contributed by atoms with Gasteiger partial charge in [-0.15, -0.1) is 0 Å². The van der Waals surface area contributed by atoms with E-state index in [0.29, 0.717) is 6.42 Å². The Labute approximate surface area is 120 Å². The molecular weight excluding hydrogens is 347 g/mol. The van der Waals surface area contributed by atoms with Crippen molar-refractivity contribution in [1.82, 2.24) is 0 Å². The van der Waals surface area contributed by atoms with Crippen molar-refractivity contribution in [2.75, 3.05) is 0 Å². The molecule has 0 fully saturated rings. The smallest absolute Gasteiger partial charge is 0.504 e. The van der Waals surface area contributed by atoms with Crippen LogP contribution in [-0.4, -0.2) is 16.4 Å². The second kappa shape index (κ2) is 6.82. The lowest BCUT2D eigenvalue weighted by Gasteiger charge is -2.15. The molecule has 0 aliphatic rings. The van der Waals surface area contributed by atoms with E-state index >= 15 is 0 Å². The van der Waals surface area contributed by atoms with Crippen LogP contribution in [0.3, 0.4) is 0 Å². The van der Waals surface area contributed by atoms with Crippen molar-refractivity contribution in [2.24, 2.45) is 0 Å². The van der Waals surface area contributed by atoms with Crippen molar-refractivity contribution in [2.45, 2.75) is 39.5 Å². The van der Waals surface area contributed by atoms with Gasteiger partial charge in [0.25, 0.3) is 0 Å². The molecule has 2 N–H and O–H groups in total. The minimum absolute atomic E-state index is 0.0233. The Morgan fingerprint density at radius 2 is 1.83 bits per heavy atom. The second-order valence-electron chi connectivity index (χ2n) is 4.03. The maximum atomic E-state index is 10.6. The summed E-state index contributed by atoms with van der Waals surface area (Å²) in [5, 5.41) is 18.7. The van der Waals surface area contributed by atoms with Crippen molar-refractivity contribution in [3.05, 3.63) is 20.8 Å². The standard InChI is InChI=1S/C13H17IO4/c1-3-5-8-9(6-4-2)12(15)11(7-10(8)14)18-13(16)17/h7,15H,3-6H2,1-2H3,(H,16,17). The van der Waals surface area contributed by atoms with Crippen molar-refractivity contribution in [3.63, 3.8) is 0 Å². The number of benzene rings is 1. The number of carboxylic acid groups (broad SMARTS) is 1. The van der Waals surface area contributed by atoms with Crippen LogP contribution in [0.1, 0.15) is 37.8 Å². The third kappa shape index (κ3) is 3.51. The van der Waals surface area contributed by atoms with E-state index in [0.717, 1.165) is 34.0 Å². The summed E-state index contributed by atoms with van der Waals surface area (Å²) in [7, 11) is 0. The highest BCUT2D eigenvalue weighted by Gasteiger charge is 2.18. The highest BCUT2D eigenvalue weighted by Crippen LogP contribution is 2.37. The number of ether oxygens (including phenoxy) is 1. The molecule has 0 saturated carbocycles. The van der Waals surface area contributed by atoms with Crippen LogP contribution < -0.4 is 4.74 Å². The lowest BCUT2D eigenvalue weighted by molar-refractivity contribution is 0.142. The Bertz CT molecular complexity index is 443. The number of phenols is 1. The molecule has 0 aliphatic heterocycles. The maximum absolute atomic E-state index is 10.6. The molecule has 18 heavy (non-hydrogen) atoms. The van der Waals surface area contributed by atoms with Crippen molar-refractivity contribution in [1.29, 1.82) is 0 Å². The van der Waals surface area contributed by atoms with Crippen molar-refractivity contribution >= 4 is 28.7 Å². The fraction of sp³-hybridized carbons (Fsp3) is 0.462. The summed E-state index contributed by atoms with van der Waals surface area (Å²) in [6, 6.07) is 1.58. The molecule has 1 aromatic rings. The topological polar surface area (TPSA) is 66.8 Å². The van der Waals surface area contributed by atoms with Gasteiger partial charge in [0, 0.05) is 9.13 Å². The predicted octanol–water partition coefficient (Wildman–Crippen LogP) is 3.96. The van der Waals surface area contributed by atoms with Gasteiger partial charge in [-0.1, -0.05) is 26.7 Å². The van der Waals surface area contributed by atoms with Gasteiger partial charge in [-0.2, -0.15) is 0 Å². The van der Waals surface area contributed by atoms with Gasteiger partial charge in [-0.05, 0) is 47.1 Å². The zero-order valence-corrected chi connectivity index (χ0v) is 12.7. The molecule has 0 atom stereocenters. The number of rotatable bonds is 5. The van der Waals surface area contributed by atoms with E-state index in [4.69, 9.17) is 5.11 Å². The normalized spacial score (nSPS) is 10.4. The molecule has 1 rings (SSSR count). The lowest BCUT2D eigenvalue weighted by Crippen LogP contribution is -2.06. The van der Waals surface area contributed by atoms with Crippen LogP contribution in [0, 0.1) is 3.57 Å². The van der Waals surface area contributed by atoms with Gasteiger partial charge in [-0.3, -0.25) is 0 Å². The molecule has 0 bridgehead atoms. The molecule has 0 amide bonds. The van der Waals surface area contributed by atoms with E-state index in [1.807, 2.05) is 6.92 Å². The minimum atomic E-state index is -1.41. The molecular formula is C13H17IO4. The summed E-state index contributed by atoms with van der Waals surface area (Å²) in [5.41, 5.74) is 1.90. The van der Waals surface area contributed by atoms with Gasteiger partial charge in [-0.25, -0.2) is 4.79 Å². The van der Waals surface area contributed by atoms with Gasteiger partial charge in [0.2, 0.25) is 0 Å². The van der Waals surface area contributed by atoms with E-state index in [9.17, 15) is 9.90 Å². The number of hydrogen-bond acceptors (Lipinski definition) is 3. The Hall–Kier alpha value is -0.980. The van der Waals surface area contributed by atoms with E-state index in [2.05, 4.69) is 34.3 Å². The molecule has 0 radical (unpaired) electrons. The summed E-state index contributed by atoms with van der Waals surface area (Å²) in [4.78, 5) is 10.6. The van der Waals surface area contributed by atoms with Crippen LogP contribution in [0.15, 0.2) is 6.07 Å². The highest BCUT2D eigenvalue weighted by molar-refractivity contribution is 14.1. The highest BCUT2D eigenvalue weighted by atomic mass is 127. The monoisotopic (exact) mass is 364 g/mol. The largest absolute Gasteiger partial charge is 0.511 e. The molecule has 1 aromatic carbocycles. The molecule has 0 aromatic heterocycles. The third-order valence-electron chi connectivity index (χ3n) is 2.63. The summed E-state index contributed by atoms with van der Waals surface area (Å²) in [6.45, 7) is 4.09. The average molecular weight is 364 g/mol. The first-order chi connectivity index (χ1) is 8.51. The van der Waals surface area contributed by atoms with Crippen LogP contribution >= 0.6 is 22.6 Å². The summed E-state index contributed by atoms with van der Waals surface area (Å²) in [6.07, 6.45) is 2.04. The van der Waals surface area contributed by atoms with Gasteiger partial charge < -0.3 is 14.9 Å². The molecule has 4 nitrogen and oxygen atoms in total. The second-order valence-corrected chi connectivity index (χ2v) is 5.19. The Morgan fingerprint density at radius 1 is 1.28 bits per heavy atom. The molecule has 100 valence electrons. The van der Waals surface area contributed by atoms with E-state index in [-0.39, 0.29) is 11.5 Å². The summed E-state index contributed by atoms with van der Waals surface area (Å²) < 4.78 is 5.54. The number of carbonyl (C=O) groups is 1. The minimum Gasteiger partial charge on any atom is -0.504 e. The lowest BCUT2D eigenvalue weighted by atomic mass is 9.98. The molecule has 0 saturated heterocycles. The quantitative estimate of drug-likeness (QED) is 0.472. The first kappa shape index (κ1) is 15.1. The first-order valence-corrected chi connectivity index (χ1v) is 7.03. The average Bonchev–Trinajstić information content (AvgIpc) is 2.29. The fourth-order valence-corrected chi connectivity index (χ4v) is 2.80. The van der Waals surface area contributed by atoms with E-state index in [1.165, 1.54) is 0 Å². The van der Waals surface area contributed by atoms with Crippen LogP contribution in [0.4, 0.5) is 4.79 Å². The summed E-state index contributed by atoms with van der Waals surface area (Å²) >= 11 is 2.15. The van der Waals surface area contributed by atoms with Crippen LogP contribution in [0.25, 0.3) is 0 Å². The van der Waals surface area contributed by atoms with Crippen molar-refractivity contribution < 1.29 is 19.7 Å². The van der Waals surface area contributed by atoms with E-state index in [1.54, 1.807) is 6.07 Å². The Morgan fingerprint density at radius 3 is 2.33 bits per heavy atom. The van der Waals surface area contributed by atoms with Crippen molar-refractivity contribution in [3.8, 4) is 11.5 Å². The number of aromatic hydroxyl groups is 1. The van der Waals surface area contributed by atoms with Gasteiger partial charge in [0.1, 0.15) is 0 Å². The zero-order valence-electron chi connectivity index (χ0n) is 10.5. The zero-order chi connectivity index (χ0) is 13.7. The molecule has 5 heteroatoms. The third-order valence-corrected chi connectivity index (χ3v) is 3.59. The van der Waals surface area contributed by atoms with E-state index < -0.39 is 6.16 Å². The number of phenolic OH excluding ortho intramolecular Hbond substituents is 1. The van der Waals surface area contributed by atoms with Crippen LogP contribution in [-0.2, 0) is 12.8 Å². The summed E-state index contributed by atoms with van der Waals surface area (Å²) in [5.74, 6) is -0.0154.